The second kappa shape index (κ2) is 12.1. The molecule has 1 aliphatic heterocycles. The molecule has 0 atom stereocenters. The summed E-state index contributed by atoms with van der Waals surface area (Å²) in [4.78, 5) is 32.0. The molecule has 220 valence electrons. The molecule has 2 aromatic heterocycles. The SMILES string of the molecule is CCOc1cc2c(cc1OC)-c1cc(=Nc3c(C)cc(C)cc3C)n(CCCC(=O)c3[nH]ncc3OC)c(=O)n1CC2. The molecule has 0 spiro atoms. The van der Waals surface area contributed by atoms with Crippen molar-refractivity contribution in [3.05, 3.63) is 80.4 Å². The third-order valence-corrected chi connectivity index (χ3v) is 7.62. The van der Waals surface area contributed by atoms with Crippen molar-refractivity contribution in [2.24, 2.45) is 4.99 Å². The number of ketones is 1. The molecule has 2 aromatic carbocycles. The zero-order valence-corrected chi connectivity index (χ0v) is 25.0. The van der Waals surface area contributed by atoms with E-state index in [1.54, 1.807) is 16.2 Å². The number of methoxy groups -OCH3 is 2. The van der Waals surface area contributed by atoms with Gasteiger partial charge in [-0.05, 0) is 69.4 Å². The van der Waals surface area contributed by atoms with Gasteiger partial charge >= 0.3 is 5.69 Å². The number of carbonyl (C=O) groups excluding carboxylic acids is 1. The van der Waals surface area contributed by atoms with Crippen LogP contribution in [0.25, 0.3) is 11.3 Å². The van der Waals surface area contributed by atoms with Crippen LogP contribution in [-0.2, 0) is 19.5 Å². The zero-order chi connectivity index (χ0) is 30.0. The molecule has 10 nitrogen and oxygen atoms in total. The number of benzene rings is 2. The maximum absolute atomic E-state index is 14.1. The molecule has 1 N–H and O–H groups in total. The fourth-order valence-corrected chi connectivity index (χ4v) is 5.69. The predicted octanol–water partition coefficient (Wildman–Crippen LogP) is 4.83. The highest BCUT2D eigenvalue weighted by atomic mass is 16.5. The van der Waals surface area contributed by atoms with Crippen LogP contribution in [0.2, 0.25) is 0 Å². The molecule has 4 aromatic rings. The van der Waals surface area contributed by atoms with Crippen LogP contribution in [0, 0.1) is 20.8 Å². The average Bonchev–Trinajstić information content (AvgIpc) is 3.45. The number of aromatic amines is 1. The van der Waals surface area contributed by atoms with E-state index in [1.807, 2.05) is 39.0 Å². The quantitative estimate of drug-likeness (QED) is 0.273. The molecule has 0 bridgehead atoms. The first-order valence-corrected chi connectivity index (χ1v) is 14.2. The minimum atomic E-state index is -0.168. The van der Waals surface area contributed by atoms with Crippen molar-refractivity contribution < 1.29 is 19.0 Å². The van der Waals surface area contributed by atoms with Crippen LogP contribution in [0.15, 0.2) is 46.3 Å². The van der Waals surface area contributed by atoms with Crippen LogP contribution in [0.4, 0.5) is 5.69 Å². The highest BCUT2D eigenvalue weighted by Crippen LogP contribution is 2.38. The van der Waals surface area contributed by atoms with Crippen LogP contribution in [0.1, 0.15) is 52.5 Å². The van der Waals surface area contributed by atoms with Crippen molar-refractivity contribution in [1.82, 2.24) is 19.3 Å². The van der Waals surface area contributed by atoms with Crippen molar-refractivity contribution in [3.8, 4) is 28.5 Å². The van der Waals surface area contributed by atoms with Crippen LogP contribution in [-0.4, -0.2) is 45.9 Å². The summed E-state index contributed by atoms with van der Waals surface area (Å²) in [5.41, 5.74) is 7.52. The van der Waals surface area contributed by atoms with Gasteiger partial charge in [-0.3, -0.25) is 19.0 Å². The van der Waals surface area contributed by atoms with Crippen molar-refractivity contribution in [2.45, 2.75) is 60.0 Å². The summed E-state index contributed by atoms with van der Waals surface area (Å²) in [5.74, 6) is 1.58. The fourth-order valence-electron chi connectivity index (χ4n) is 5.69. The topological polar surface area (TPSA) is 113 Å². The lowest BCUT2D eigenvalue weighted by molar-refractivity contribution is 0.0970. The molecule has 3 heterocycles. The fraction of sp³-hybridized carbons (Fsp3) is 0.375. The second-order valence-corrected chi connectivity index (χ2v) is 10.5. The molecule has 1 aliphatic rings. The number of rotatable bonds is 10. The summed E-state index contributed by atoms with van der Waals surface area (Å²) in [7, 11) is 3.11. The monoisotopic (exact) mass is 571 g/mol. The van der Waals surface area contributed by atoms with Crippen LogP contribution < -0.4 is 25.4 Å². The normalized spacial score (nSPS) is 12.6. The van der Waals surface area contributed by atoms with E-state index < -0.39 is 0 Å². The summed E-state index contributed by atoms with van der Waals surface area (Å²) >= 11 is 0. The third kappa shape index (κ3) is 5.48. The Hall–Kier alpha value is -4.60. The van der Waals surface area contributed by atoms with E-state index in [9.17, 15) is 9.59 Å². The van der Waals surface area contributed by atoms with E-state index in [1.165, 1.54) is 13.3 Å². The number of hydrogen-bond donors (Lipinski definition) is 1. The lowest BCUT2D eigenvalue weighted by atomic mass is 9.97. The largest absolute Gasteiger partial charge is 0.493 e. The Kier molecular flexibility index (Phi) is 8.33. The maximum Gasteiger partial charge on any atom is 0.330 e. The summed E-state index contributed by atoms with van der Waals surface area (Å²) in [5, 5.41) is 6.63. The number of nitrogens with one attached hydrogen (secondary N) is 1. The molecular weight excluding hydrogens is 534 g/mol. The van der Waals surface area contributed by atoms with Gasteiger partial charge in [0.25, 0.3) is 0 Å². The van der Waals surface area contributed by atoms with E-state index in [0.717, 1.165) is 39.2 Å². The number of H-pyrrole nitrogens is 1. The third-order valence-electron chi connectivity index (χ3n) is 7.62. The number of ether oxygens (including phenoxy) is 3. The Balaban J connectivity index is 1.62. The Morgan fingerprint density at radius 1 is 1.02 bits per heavy atom. The zero-order valence-electron chi connectivity index (χ0n) is 25.0. The van der Waals surface area contributed by atoms with Gasteiger partial charge in [-0.1, -0.05) is 17.7 Å². The van der Waals surface area contributed by atoms with Gasteiger partial charge in [-0.15, -0.1) is 0 Å². The number of Topliss-reactive ketones (excluding diaryl/α,β-unsaturated/α-hetero) is 1. The minimum Gasteiger partial charge on any atom is -0.493 e. The lowest BCUT2D eigenvalue weighted by Crippen LogP contribution is -2.42. The smallest absolute Gasteiger partial charge is 0.330 e. The van der Waals surface area contributed by atoms with Gasteiger partial charge in [0.2, 0.25) is 0 Å². The predicted molar refractivity (Wildman–Crippen MR) is 160 cm³/mol. The molecule has 0 radical (unpaired) electrons. The summed E-state index contributed by atoms with van der Waals surface area (Å²) < 4.78 is 20.1. The summed E-state index contributed by atoms with van der Waals surface area (Å²) in [6, 6.07) is 10.1. The molecular formula is C32H37N5O5. The number of fused-ring (bicyclic) bond motifs is 3. The average molecular weight is 572 g/mol. The van der Waals surface area contributed by atoms with Crippen molar-refractivity contribution in [2.75, 3.05) is 20.8 Å². The summed E-state index contributed by atoms with van der Waals surface area (Å²) in [6.45, 7) is 9.42. The van der Waals surface area contributed by atoms with Gasteiger partial charge in [0.05, 0.1) is 38.4 Å². The number of nitrogens with zero attached hydrogens (tertiary/aromatic N) is 4. The lowest BCUT2D eigenvalue weighted by Gasteiger charge is -2.25. The first-order chi connectivity index (χ1) is 20.2. The van der Waals surface area contributed by atoms with Crippen molar-refractivity contribution in [3.63, 3.8) is 0 Å². The second-order valence-electron chi connectivity index (χ2n) is 10.5. The minimum absolute atomic E-state index is 0.127. The van der Waals surface area contributed by atoms with E-state index in [0.29, 0.717) is 61.0 Å². The summed E-state index contributed by atoms with van der Waals surface area (Å²) in [6.07, 6.45) is 2.81. The van der Waals surface area contributed by atoms with Gasteiger partial charge in [-0.2, -0.15) is 5.10 Å². The van der Waals surface area contributed by atoms with Crippen LogP contribution >= 0.6 is 0 Å². The highest BCUT2D eigenvalue weighted by Gasteiger charge is 2.23. The number of hydrogen-bond acceptors (Lipinski definition) is 7. The molecule has 0 saturated heterocycles. The first kappa shape index (κ1) is 28.9. The number of carbonyl (C=O) groups is 1. The van der Waals surface area contributed by atoms with E-state index in [4.69, 9.17) is 19.2 Å². The van der Waals surface area contributed by atoms with Gasteiger partial charge < -0.3 is 14.2 Å². The number of aryl methyl sites for hydroxylation is 4. The Labute approximate surface area is 244 Å². The molecule has 0 unspecified atom stereocenters. The van der Waals surface area contributed by atoms with Crippen molar-refractivity contribution >= 4 is 11.5 Å². The molecule has 0 fully saturated rings. The van der Waals surface area contributed by atoms with Crippen LogP contribution in [0.3, 0.4) is 0 Å². The maximum atomic E-state index is 14.1. The van der Waals surface area contributed by atoms with E-state index >= 15 is 0 Å². The molecule has 10 heteroatoms. The van der Waals surface area contributed by atoms with Gasteiger partial charge in [-0.25, -0.2) is 9.79 Å². The van der Waals surface area contributed by atoms with Crippen LogP contribution in [0.5, 0.6) is 17.2 Å². The van der Waals surface area contributed by atoms with Gasteiger partial charge in [0.15, 0.2) is 23.0 Å². The van der Waals surface area contributed by atoms with E-state index in [2.05, 4.69) is 29.3 Å². The Morgan fingerprint density at radius 2 is 1.76 bits per heavy atom. The highest BCUT2D eigenvalue weighted by molar-refractivity contribution is 5.96. The molecule has 5 rings (SSSR count). The first-order valence-electron chi connectivity index (χ1n) is 14.2. The molecule has 0 aliphatic carbocycles. The Morgan fingerprint density at radius 3 is 2.45 bits per heavy atom. The molecule has 42 heavy (non-hydrogen) atoms. The van der Waals surface area contributed by atoms with Gasteiger partial charge in [0.1, 0.15) is 11.2 Å². The van der Waals surface area contributed by atoms with Crippen molar-refractivity contribution in [1.29, 1.82) is 0 Å². The number of aromatic nitrogens is 4. The molecule has 0 saturated carbocycles. The standard InChI is InChI=1S/C32H37N5O5/c1-7-42-27-15-22-10-12-36-24(23(22)16-26(27)40-5)17-29(34-30-20(3)13-19(2)14-21(30)4)37(32(36)39)11-8-9-25(38)31-28(41-6)18-33-35-31/h13-18H,7-12H2,1-6H3,(H,33,35). The Bertz CT molecular complexity index is 1760. The molecule has 0 amide bonds. The van der Waals surface area contributed by atoms with Gasteiger partial charge in [0, 0.05) is 31.1 Å². The van der Waals surface area contributed by atoms with E-state index in [-0.39, 0.29) is 17.9 Å².